The van der Waals surface area contributed by atoms with Crippen molar-refractivity contribution in [2.75, 3.05) is 32.6 Å². The number of hydrogen-bond donors (Lipinski definition) is 1. The molecule has 144 valence electrons. The minimum Gasteiger partial charge on any atom is -0.497 e. The Bertz CT molecular complexity index is 793. The maximum atomic E-state index is 12.4. The Hall–Kier alpha value is -2.73. The number of anilines is 1. The highest BCUT2D eigenvalue weighted by molar-refractivity contribution is 6.30. The molecule has 0 aliphatic rings. The van der Waals surface area contributed by atoms with Crippen LogP contribution in [0.2, 0.25) is 5.02 Å². The summed E-state index contributed by atoms with van der Waals surface area (Å²) in [5.41, 5.74) is 1.56. The van der Waals surface area contributed by atoms with Crippen LogP contribution in [0, 0.1) is 0 Å². The van der Waals surface area contributed by atoms with Crippen LogP contribution in [0.3, 0.4) is 0 Å². The van der Waals surface area contributed by atoms with Crippen molar-refractivity contribution in [2.24, 2.45) is 0 Å². The highest BCUT2D eigenvalue weighted by atomic mass is 35.5. The molecule has 0 saturated heterocycles. The lowest BCUT2D eigenvalue weighted by Gasteiger charge is -2.21. The molecule has 2 aromatic carbocycles. The fourth-order valence-electron chi connectivity index (χ4n) is 2.53. The smallest absolute Gasteiger partial charge is 0.244 e. The summed E-state index contributed by atoms with van der Waals surface area (Å²) < 4.78 is 10.4. The van der Waals surface area contributed by atoms with E-state index in [1.807, 2.05) is 12.1 Å². The summed E-state index contributed by atoms with van der Waals surface area (Å²) >= 11 is 5.88. The van der Waals surface area contributed by atoms with E-state index in [1.165, 1.54) is 18.9 Å². The fourth-order valence-corrected chi connectivity index (χ4v) is 2.65. The number of halogens is 1. The third kappa shape index (κ3) is 6.18. The lowest BCUT2D eigenvalue weighted by atomic mass is 10.1. The summed E-state index contributed by atoms with van der Waals surface area (Å²) in [7, 11) is 3.07. The van der Waals surface area contributed by atoms with Crippen LogP contribution in [0.5, 0.6) is 11.5 Å². The molecule has 2 aromatic rings. The second kappa shape index (κ2) is 9.83. The van der Waals surface area contributed by atoms with Crippen LogP contribution in [0.4, 0.5) is 5.69 Å². The number of carbonyl (C=O) groups excluding carboxylic acids is 2. The molecule has 0 bridgehead atoms. The van der Waals surface area contributed by atoms with Gasteiger partial charge >= 0.3 is 0 Å². The molecule has 0 atom stereocenters. The minimum absolute atomic E-state index is 0.0435. The van der Waals surface area contributed by atoms with Crippen molar-refractivity contribution in [1.82, 2.24) is 4.90 Å². The maximum Gasteiger partial charge on any atom is 0.244 e. The molecular formula is C20H23ClN2O4. The van der Waals surface area contributed by atoms with Gasteiger partial charge in [0.1, 0.15) is 11.5 Å². The summed E-state index contributed by atoms with van der Waals surface area (Å²) in [6.07, 6.45) is 0.635. The standard InChI is InChI=1S/C20H23ClN2O4/c1-14(24)23(11-10-15-4-6-16(21)7-5-15)13-20(25)22-18-9-8-17(26-2)12-19(18)27-3/h4-9,12H,10-11,13H2,1-3H3,(H,22,25). The van der Waals surface area contributed by atoms with Crippen molar-refractivity contribution >= 4 is 29.1 Å². The van der Waals surface area contributed by atoms with Crippen LogP contribution in [0.25, 0.3) is 0 Å². The van der Waals surface area contributed by atoms with Crippen LogP contribution in [0.1, 0.15) is 12.5 Å². The monoisotopic (exact) mass is 390 g/mol. The van der Waals surface area contributed by atoms with Gasteiger partial charge in [0.05, 0.1) is 26.5 Å². The van der Waals surface area contributed by atoms with Crippen LogP contribution >= 0.6 is 11.6 Å². The van der Waals surface area contributed by atoms with Gasteiger partial charge in [0.2, 0.25) is 11.8 Å². The Morgan fingerprint density at radius 1 is 1.07 bits per heavy atom. The van der Waals surface area contributed by atoms with Gasteiger partial charge in [-0.2, -0.15) is 0 Å². The van der Waals surface area contributed by atoms with Gasteiger partial charge in [-0.25, -0.2) is 0 Å². The summed E-state index contributed by atoms with van der Waals surface area (Å²) in [5.74, 6) is 0.641. The Kier molecular flexibility index (Phi) is 7.49. The van der Waals surface area contributed by atoms with Gasteiger partial charge in [0.25, 0.3) is 0 Å². The number of methoxy groups -OCH3 is 2. The first-order valence-electron chi connectivity index (χ1n) is 8.44. The lowest BCUT2D eigenvalue weighted by molar-refractivity contribution is -0.132. The van der Waals surface area contributed by atoms with E-state index in [1.54, 1.807) is 37.4 Å². The van der Waals surface area contributed by atoms with Crippen LogP contribution in [-0.4, -0.2) is 44.0 Å². The van der Waals surface area contributed by atoms with Gasteiger partial charge in [-0.05, 0) is 36.2 Å². The number of carbonyl (C=O) groups is 2. The van der Waals surface area contributed by atoms with E-state index in [0.29, 0.717) is 35.2 Å². The molecule has 0 unspecified atom stereocenters. The van der Waals surface area contributed by atoms with Crippen molar-refractivity contribution in [3.8, 4) is 11.5 Å². The normalized spacial score (nSPS) is 10.2. The second-order valence-corrected chi connectivity index (χ2v) is 6.37. The zero-order chi connectivity index (χ0) is 19.8. The molecule has 0 fully saturated rings. The number of nitrogens with one attached hydrogen (secondary N) is 1. The van der Waals surface area contributed by atoms with Gasteiger partial charge in [0, 0.05) is 24.6 Å². The first-order chi connectivity index (χ1) is 12.9. The summed E-state index contributed by atoms with van der Waals surface area (Å²) in [5, 5.41) is 3.43. The van der Waals surface area contributed by atoms with Gasteiger partial charge in [-0.15, -0.1) is 0 Å². The number of nitrogens with zero attached hydrogens (tertiary/aromatic N) is 1. The molecule has 2 amide bonds. The Morgan fingerprint density at radius 3 is 2.37 bits per heavy atom. The molecule has 1 N–H and O–H groups in total. The molecule has 0 radical (unpaired) electrons. The number of rotatable bonds is 8. The predicted molar refractivity (Wildman–Crippen MR) is 106 cm³/mol. The van der Waals surface area contributed by atoms with E-state index in [-0.39, 0.29) is 18.4 Å². The third-order valence-electron chi connectivity index (χ3n) is 4.05. The molecule has 0 saturated carbocycles. The van der Waals surface area contributed by atoms with Crippen LogP contribution < -0.4 is 14.8 Å². The average Bonchev–Trinajstić information content (AvgIpc) is 2.66. The predicted octanol–water partition coefficient (Wildman–Crippen LogP) is 3.39. The Labute approximate surface area is 164 Å². The van der Waals surface area contributed by atoms with Crippen molar-refractivity contribution in [2.45, 2.75) is 13.3 Å². The van der Waals surface area contributed by atoms with Gasteiger partial charge in [-0.1, -0.05) is 23.7 Å². The molecule has 7 heteroatoms. The highest BCUT2D eigenvalue weighted by Crippen LogP contribution is 2.28. The van der Waals surface area contributed by atoms with Gasteiger partial charge in [-0.3, -0.25) is 9.59 Å². The quantitative estimate of drug-likeness (QED) is 0.750. The molecule has 0 aliphatic carbocycles. The molecule has 2 rings (SSSR count). The van der Waals surface area contributed by atoms with Crippen LogP contribution in [-0.2, 0) is 16.0 Å². The Morgan fingerprint density at radius 2 is 1.78 bits per heavy atom. The molecule has 0 aliphatic heterocycles. The zero-order valence-corrected chi connectivity index (χ0v) is 16.4. The minimum atomic E-state index is -0.301. The van der Waals surface area contributed by atoms with E-state index in [9.17, 15) is 9.59 Å². The first-order valence-corrected chi connectivity index (χ1v) is 8.82. The Balaban J connectivity index is 1.98. The van der Waals surface area contributed by atoms with Gasteiger partial charge in [0.15, 0.2) is 0 Å². The lowest BCUT2D eigenvalue weighted by Crippen LogP contribution is -2.38. The third-order valence-corrected chi connectivity index (χ3v) is 4.30. The highest BCUT2D eigenvalue weighted by Gasteiger charge is 2.15. The topological polar surface area (TPSA) is 67.9 Å². The second-order valence-electron chi connectivity index (χ2n) is 5.93. The van der Waals surface area contributed by atoms with E-state index >= 15 is 0 Å². The molecule has 0 spiro atoms. The zero-order valence-electron chi connectivity index (χ0n) is 15.6. The number of amides is 2. The summed E-state index contributed by atoms with van der Waals surface area (Å²) in [6.45, 7) is 1.84. The number of hydrogen-bond acceptors (Lipinski definition) is 4. The van der Waals surface area contributed by atoms with E-state index in [2.05, 4.69) is 5.32 Å². The number of ether oxygens (including phenoxy) is 2. The summed E-state index contributed by atoms with van der Waals surface area (Å²) in [6, 6.07) is 12.5. The molecular weight excluding hydrogens is 368 g/mol. The first kappa shape index (κ1) is 20.6. The number of benzene rings is 2. The van der Waals surface area contributed by atoms with E-state index < -0.39 is 0 Å². The molecule has 6 nitrogen and oxygen atoms in total. The van der Waals surface area contributed by atoms with E-state index in [4.69, 9.17) is 21.1 Å². The SMILES string of the molecule is COc1ccc(NC(=O)CN(CCc2ccc(Cl)cc2)C(C)=O)c(OC)c1. The maximum absolute atomic E-state index is 12.4. The van der Waals surface area contributed by atoms with Crippen molar-refractivity contribution in [1.29, 1.82) is 0 Å². The van der Waals surface area contributed by atoms with Crippen molar-refractivity contribution in [3.63, 3.8) is 0 Å². The largest absolute Gasteiger partial charge is 0.497 e. The van der Waals surface area contributed by atoms with Gasteiger partial charge < -0.3 is 19.7 Å². The molecule has 0 aromatic heterocycles. The van der Waals surface area contributed by atoms with Crippen molar-refractivity contribution < 1.29 is 19.1 Å². The van der Waals surface area contributed by atoms with E-state index in [0.717, 1.165) is 5.56 Å². The molecule has 27 heavy (non-hydrogen) atoms. The van der Waals surface area contributed by atoms with Crippen LogP contribution in [0.15, 0.2) is 42.5 Å². The average molecular weight is 391 g/mol. The summed E-state index contributed by atoms with van der Waals surface area (Å²) in [4.78, 5) is 25.8. The molecule has 0 heterocycles. The fraction of sp³-hybridized carbons (Fsp3) is 0.300. The van der Waals surface area contributed by atoms with Crippen molar-refractivity contribution in [3.05, 3.63) is 53.1 Å².